The Morgan fingerprint density at radius 1 is 1.19 bits per heavy atom. The molecular formula is C12H22N2O2. The van der Waals surface area contributed by atoms with Crippen LogP contribution in [0.2, 0.25) is 0 Å². The fourth-order valence-corrected chi connectivity index (χ4v) is 1.86. The van der Waals surface area contributed by atoms with Gasteiger partial charge in [0.25, 0.3) is 0 Å². The number of hydrogen-bond donors (Lipinski definition) is 1. The number of unbranched alkanes of at least 4 members (excludes halogenated alkanes) is 1. The van der Waals surface area contributed by atoms with Crippen molar-refractivity contribution in [3.05, 3.63) is 0 Å². The largest absolute Gasteiger partial charge is 0.356 e. The quantitative estimate of drug-likeness (QED) is 0.567. The lowest BCUT2D eigenvalue weighted by molar-refractivity contribution is -0.136. The number of amides is 2. The number of likely N-dealkylation sites (tertiary alicyclic amines) is 1. The summed E-state index contributed by atoms with van der Waals surface area (Å²) < 4.78 is 0. The lowest BCUT2D eigenvalue weighted by Crippen LogP contribution is -2.38. The molecule has 0 radical (unpaired) electrons. The lowest BCUT2D eigenvalue weighted by atomic mass is 10.1. The van der Waals surface area contributed by atoms with Gasteiger partial charge in [0.05, 0.1) is 0 Å². The van der Waals surface area contributed by atoms with E-state index in [2.05, 4.69) is 12.2 Å². The van der Waals surface area contributed by atoms with Crippen molar-refractivity contribution in [1.82, 2.24) is 10.2 Å². The van der Waals surface area contributed by atoms with E-state index >= 15 is 0 Å². The molecule has 0 saturated carbocycles. The van der Waals surface area contributed by atoms with Crippen molar-refractivity contribution in [3.8, 4) is 0 Å². The molecule has 4 nitrogen and oxygen atoms in total. The van der Waals surface area contributed by atoms with Crippen molar-refractivity contribution in [2.45, 2.75) is 45.4 Å². The maximum atomic E-state index is 11.7. The summed E-state index contributed by atoms with van der Waals surface area (Å²) in [5, 5.41) is 2.77. The highest BCUT2D eigenvalue weighted by molar-refractivity contribution is 5.96. The SMILES string of the molecule is CCCCNC(=O)CC(=O)N1CCCCC1. The third kappa shape index (κ3) is 4.64. The minimum atomic E-state index is -0.135. The maximum absolute atomic E-state index is 11.7. The Bertz CT molecular complexity index is 235. The van der Waals surface area contributed by atoms with Crippen molar-refractivity contribution in [1.29, 1.82) is 0 Å². The third-order valence-electron chi connectivity index (χ3n) is 2.87. The van der Waals surface area contributed by atoms with Crippen LogP contribution in [0.15, 0.2) is 0 Å². The van der Waals surface area contributed by atoms with Crippen LogP contribution in [-0.4, -0.2) is 36.3 Å². The van der Waals surface area contributed by atoms with Crippen LogP contribution in [0.25, 0.3) is 0 Å². The monoisotopic (exact) mass is 226 g/mol. The number of carbonyl (C=O) groups is 2. The summed E-state index contributed by atoms with van der Waals surface area (Å²) in [6, 6.07) is 0. The molecule has 92 valence electrons. The Kier molecular flexibility index (Phi) is 5.90. The van der Waals surface area contributed by atoms with Crippen LogP contribution in [0, 0.1) is 0 Å². The van der Waals surface area contributed by atoms with Crippen LogP contribution in [-0.2, 0) is 9.59 Å². The summed E-state index contributed by atoms with van der Waals surface area (Å²) in [4.78, 5) is 24.9. The van der Waals surface area contributed by atoms with E-state index < -0.39 is 0 Å². The van der Waals surface area contributed by atoms with Gasteiger partial charge < -0.3 is 10.2 Å². The summed E-state index contributed by atoms with van der Waals surface area (Å²) in [5.41, 5.74) is 0. The Balaban J connectivity index is 2.19. The van der Waals surface area contributed by atoms with E-state index in [1.807, 2.05) is 4.90 Å². The molecule has 1 saturated heterocycles. The van der Waals surface area contributed by atoms with Gasteiger partial charge in [-0.25, -0.2) is 0 Å². The van der Waals surface area contributed by atoms with Gasteiger partial charge in [0.1, 0.15) is 6.42 Å². The highest BCUT2D eigenvalue weighted by Gasteiger charge is 2.18. The normalized spacial score (nSPS) is 15.9. The Morgan fingerprint density at radius 2 is 1.88 bits per heavy atom. The number of hydrogen-bond acceptors (Lipinski definition) is 2. The molecule has 1 heterocycles. The molecule has 1 fully saturated rings. The molecule has 0 aliphatic carbocycles. The summed E-state index contributed by atoms with van der Waals surface area (Å²) in [6.45, 7) is 4.40. The van der Waals surface area contributed by atoms with Crippen LogP contribution in [0.5, 0.6) is 0 Å². The number of carbonyl (C=O) groups excluding carboxylic acids is 2. The van der Waals surface area contributed by atoms with Crippen molar-refractivity contribution < 1.29 is 9.59 Å². The van der Waals surface area contributed by atoms with Crippen LogP contribution in [0.1, 0.15) is 45.4 Å². The fraction of sp³-hybridized carbons (Fsp3) is 0.833. The molecule has 4 heteroatoms. The van der Waals surface area contributed by atoms with Gasteiger partial charge in [0.2, 0.25) is 11.8 Å². The molecule has 0 bridgehead atoms. The first-order valence-electron chi connectivity index (χ1n) is 6.28. The third-order valence-corrected chi connectivity index (χ3v) is 2.87. The second-order valence-corrected chi connectivity index (χ2v) is 4.32. The van der Waals surface area contributed by atoms with Gasteiger partial charge in [-0.05, 0) is 25.7 Å². The number of piperidine rings is 1. The second kappa shape index (κ2) is 7.25. The van der Waals surface area contributed by atoms with E-state index in [0.29, 0.717) is 6.54 Å². The molecule has 0 aromatic heterocycles. The first-order chi connectivity index (χ1) is 7.74. The molecule has 1 aliphatic heterocycles. The molecule has 0 atom stereocenters. The summed E-state index contributed by atoms with van der Waals surface area (Å²) in [6.07, 6.45) is 5.40. The van der Waals surface area contributed by atoms with Gasteiger partial charge in [0, 0.05) is 19.6 Å². The van der Waals surface area contributed by atoms with Crippen LogP contribution in [0.4, 0.5) is 0 Å². The number of nitrogens with one attached hydrogen (secondary N) is 1. The van der Waals surface area contributed by atoms with Crippen molar-refractivity contribution in [3.63, 3.8) is 0 Å². The zero-order chi connectivity index (χ0) is 11.8. The molecule has 0 aromatic rings. The van der Waals surface area contributed by atoms with E-state index in [9.17, 15) is 9.59 Å². The lowest BCUT2D eigenvalue weighted by Gasteiger charge is -2.26. The highest BCUT2D eigenvalue weighted by atomic mass is 16.2. The van der Waals surface area contributed by atoms with E-state index in [4.69, 9.17) is 0 Å². The summed E-state index contributed by atoms with van der Waals surface area (Å²) in [7, 11) is 0. The van der Waals surface area contributed by atoms with E-state index in [1.165, 1.54) is 6.42 Å². The van der Waals surface area contributed by atoms with Gasteiger partial charge in [0.15, 0.2) is 0 Å². The van der Waals surface area contributed by atoms with E-state index in [0.717, 1.165) is 38.8 Å². The van der Waals surface area contributed by atoms with Crippen molar-refractivity contribution in [2.75, 3.05) is 19.6 Å². The van der Waals surface area contributed by atoms with Gasteiger partial charge in [-0.1, -0.05) is 13.3 Å². The Hall–Kier alpha value is -1.06. The first-order valence-corrected chi connectivity index (χ1v) is 6.28. The smallest absolute Gasteiger partial charge is 0.232 e. The number of rotatable bonds is 5. The molecule has 0 unspecified atom stereocenters. The van der Waals surface area contributed by atoms with E-state index in [1.54, 1.807) is 0 Å². The zero-order valence-corrected chi connectivity index (χ0v) is 10.1. The second-order valence-electron chi connectivity index (χ2n) is 4.32. The minimum absolute atomic E-state index is 0.0176. The van der Waals surface area contributed by atoms with Crippen LogP contribution in [0.3, 0.4) is 0 Å². The predicted molar refractivity (Wildman–Crippen MR) is 63.0 cm³/mol. The predicted octanol–water partition coefficient (Wildman–Crippen LogP) is 1.31. The molecular weight excluding hydrogens is 204 g/mol. The summed E-state index contributed by atoms with van der Waals surface area (Å²) >= 11 is 0. The van der Waals surface area contributed by atoms with Gasteiger partial charge in [-0.3, -0.25) is 9.59 Å². The van der Waals surface area contributed by atoms with Crippen LogP contribution >= 0.6 is 0 Å². The standard InChI is InChI=1S/C12H22N2O2/c1-2-3-7-13-11(15)10-12(16)14-8-5-4-6-9-14/h2-10H2,1H3,(H,13,15). The molecule has 1 rings (SSSR count). The summed E-state index contributed by atoms with van der Waals surface area (Å²) in [5.74, 6) is -0.155. The minimum Gasteiger partial charge on any atom is -0.356 e. The average Bonchev–Trinajstić information content (AvgIpc) is 2.30. The molecule has 1 N–H and O–H groups in total. The van der Waals surface area contributed by atoms with Crippen molar-refractivity contribution >= 4 is 11.8 Å². The van der Waals surface area contributed by atoms with Gasteiger partial charge >= 0.3 is 0 Å². The first kappa shape index (κ1) is 13.0. The topological polar surface area (TPSA) is 49.4 Å². The Morgan fingerprint density at radius 3 is 2.50 bits per heavy atom. The van der Waals surface area contributed by atoms with Crippen LogP contribution < -0.4 is 5.32 Å². The molecule has 16 heavy (non-hydrogen) atoms. The zero-order valence-electron chi connectivity index (χ0n) is 10.1. The van der Waals surface area contributed by atoms with Crippen molar-refractivity contribution in [2.24, 2.45) is 0 Å². The molecule has 0 spiro atoms. The molecule has 2 amide bonds. The number of nitrogens with zero attached hydrogens (tertiary/aromatic N) is 1. The van der Waals surface area contributed by atoms with E-state index in [-0.39, 0.29) is 18.2 Å². The molecule has 0 aromatic carbocycles. The molecule has 1 aliphatic rings. The maximum Gasteiger partial charge on any atom is 0.232 e. The fourth-order valence-electron chi connectivity index (χ4n) is 1.86. The highest BCUT2D eigenvalue weighted by Crippen LogP contribution is 2.09. The van der Waals surface area contributed by atoms with Gasteiger partial charge in [-0.15, -0.1) is 0 Å². The van der Waals surface area contributed by atoms with Gasteiger partial charge in [-0.2, -0.15) is 0 Å². The Labute approximate surface area is 97.4 Å². The average molecular weight is 226 g/mol.